The number of hydrogen-bond donors (Lipinski definition) is 1. The summed E-state index contributed by atoms with van der Waals surface area (Å²) in [4.78, 5) is 0. The van der Waals surface area contributed by atoms with Crippen molar-refractivity contribution in [1.29, 1.82) is 0 Å². The quantitative estimate of drug-likeness (QED) is 0.889. The van der Waals surface area contributed by atoms with Crippen LogP contribution in [-0.4, -0.2) is 12.8 Å². The van der Waals surface area contributed by atoms with Gasteiger partial charge in [0.05, 0.1) is 0 Å². The van der Waals surface area contributed by atoms with Gasteiger partial charge < -0.3 is 14.8 Å². The maximum Gasteiger partial charge on any atom is 0.231 e. The van der Waals surface area contributed by atoms with Gasteiger partial charge in [-0.05, 0) is 43.4 Å². The van der Waals surface area contributed by atoms with Gasteiger partial charge in [-0.1, -0.05) is 35.2 Å². The summed E-state index contributed by atoms with van der Waals surface area (Å²) in [5.74, 6) is 2.52. The molecule has 0 amide bonds. The normalized spacial score (nSPS) is 20.1. The van der Waals surface area contributed by atoms with Gasteiger partial charge in [0.15, 0.2) is 11.5 Å². The highest BCUT2D eigenvalue weighted by Crippen LogP contribution is 2.37. The zero-order chi connectivity index (χ0) is 13.9. The highest BCUT2D eigenvalue weighted by atomic mass is 79.9. The molecule has 0 bridgehead atoms. The molecule has 2 aliphatic rings. The summed E-state index contributed by atoms with van der Waals surface area (Å²) in [5, 5.41) is 3.67. The molecule has 0 aromatic heterocycles. The van der Waals surface area contributed by atoms with Crippen LogP contribution in [0, 0.1) is 5.92 Å². The van der Waals surface area contributed by atoms with E-state index >= 15 is 0 Å². The molecule has 1 heterocycles. The molecule has 1 N–H and O–H groups in total. The molecule has 1 aromatic rings. The van der Waals surface area contributed by atoms with Gasteiger partial charge >= 0.3 is 0 Å². The molecule has 1 aliphatic heterocycles. The number of hydrogen-bond acceptors (Lipinski definition) is 3. The van der Waals surface area contributed by atoms with Crippen molar-refractivity contribution in [3.63, 3.8) is 0 Å². The Bertz CT molecular complexity index is 472. The van der Waals surface area contributed by atoms with Crippen molar-refractivity contribution in [2.75, 3.05) is 6.79 Å². The summed E-state index contributed by atoms with van der Waals surface area (Å²) in [6.07, 6.45) is 6.94. The first-order chi connectivity index (χ1) is 9.74. The average molecular weight is 340 g/mol. The Balaban J connectivity index is 1.60. The number of halogens is 1. The molecule has 0 radical (unpaired) electrons. The zero-order valence-corrected chi connectivity index (χ0v) is 13.5. The highest BCUT2D eigenvalue weighted by molar-refractivity contribution is 9.10. The van der Waals surface area contributed by atoms with E-state index in [0.717, 1.165) is 28.4 Å². The van der Waals surface area contributed by atoms with Crippen LogP contribution in [0.4, 0.5) is 0 Å². The summed E-state index contributed by atoms with van der Waals surface area (Å²) in [6, 6.07) is 4.66. The molecule has 110 valence electrons. The van der Waals surface area contributed by atoms with Crippen LogP contribution >= 0.6 is 15.9 Å². The van der Waals surface area contributed by atoms with Gasteiger partial charge in [0.2, 0.25) is 6.79 Å². The Morgan fingerprint density at radius 2 is 1.90 bits per heavy atom. The summed E-state index contributed by atoms with van der Waals surface area (Å²) in [6.45, 7) is 3.52. The van der Waals surface area contributed by atoms with Crippen LogP contribution in [0.5, 0.6) is 11.5 Å². The fraction of sp³-hybridized carbons (Fsp3) is 0.625. The zero-order valence-electron chi connectivity index (χ0n) is 12.0. The van der Waals surface area contributed by atoms with Crippen molar-refractivity contribution in [3.8, 4) is 11.5 Å². The molecule has 1 aromatic carbocycles. The molecule has 1 fully saturated rings. The maximum absolute atomic E-state index is 5.45. The lowest BCUT2D eigenvalue weighted by Crippen LogP contribution is -2.34. The molecule has 1 unspecified atom stereocenters. The van der Waals surface area contributed by atoms with Gasteiger partial charge in [-0.2, -0.15) is 0 Å². The highest BCUT2D eigenvalue weighted by Gasteiger charge is 2.21. The predicted octanol–water partition coefficient (Wildman–Crippen LogP) is 4.24. The van der Waals surface area contributed by atoms with E-state index in [0.29, 0.717) is 12.8 Å². The predicted molar refractivity (Wildman–Crippen MR) is 83.1 cm³/mol. The monoisotopic (exact) mass is 339 g/mol. The summed E-state index contributed by atoms with van der Waals surface area (Å²) < 4.78 is 11.9. The van der Waals surface area contributed by atoms with E-state index in [1.165, 1.54) is 37.7 Å². The molecule has 1 saturated carbocycles. The number of rotatable bonds is 4. The van der Waals surface area contributed by atoms with Crippen LogP contribution < -0.4 is 14.8 Å². The standard InChI is InChI=1S/C16H22BrNO2/c1-11(12-5-3-2-4-6-12)18-9-13-7-15-16(8-14(13)17)20-10-19-15/h7-8,11-12,18H,2-6,9-10H2,1H3. The molecular weight excluding hydrogens is 318 g/mol. The second-order valence-electron chi connectivity index (χ2n) is 5.86. The van der Waals surface area contributed by atoms with E-state index in [2.05, 4.69) is 34.2 Å². The fourth-order valence-corrected chi connectivity index (χ4v) is 3.63. The Morgan fingerprint density at radius 1 is 1.20 bits per heavy atom. The minimum atomic E-state index is 0.330. The Hall–Kier alpha value is -0.740. The SMILES string of the molecule is CC(NCc1cc2c(cc1Br)OCO2)C1CCCCC1. The molecule has 3 nitrogen and oxygen atoms in total. The number of benzene rings is 1. The van der Waals surface area contributed by atoms with E-state index in [1.54, 1.807) is 0 Å². The van der Waals surface area contributed by atoms with Crippen molar-refractivity contribution in [1.82, 2.24) is 5.32 Å². The average Bonchev–Trinajstić information content (AvgIpc) is 2.92. The van der Waals surface area contributed by atoms with Crippen LogP contribution in [0.2, 0.25) is 0 Å². The van der Waals surface area contributed by atoms with Crippen molar-refractivity contribution < 1.29 is 9.47 Å². The van der Waals surface area contributed by atoms with Gasteiger partial charge in [0.1, 0.15) is 0 Å². The first-order valence-corrected chi connectivity index (χ1v) is 8.35. The Kier molecular flexibility index (Phi) is 4.51. The molecule has 4 heteroatoms. The van der Waals surface area contributed by atoms with E-state index in [1.807, 2.05) is 6.07 Å². The van der Waals surface area contributed by atoms with Crippen LogP contribution in [-0.2, 0) is 6.54 Å². The van der Waals surface area contributed by atoms with Crippen molar-refractivity contribution >= 4 is 15.9 Å². The lowest BCUT2D eigenvalue weighted by molar-refractivity contribution is 0.174. The number of ether oxygens (including phenoxy) is 2. The van der Waals surface area contributed by atoms with E-state index in [4.69, 9.17) is 9.47 Å². The first-order valence-electron chi connectivity index (χ1n) is 7.55. The van der Waals surface area contributed by atoms with Gasteiger partial charge in [-0.15, -0.1) is 0 Å². The third kappa shape index (κ3) is 3.12. The van der Waals surface area contributed by atoms with E-state index < -0.39 is 0 Å². The van der Waals surface area contributed by atoms with Crippen molar-refractivity contribution in [3.05, 3.63) is 22.2 Å². The number of nitrogens with one attached hydrogen (secondary N) is 1. The lowest BCUT2D eigenvalue weighted by Gasteiger charge is -2.28. The van der Waals surface area contributed by atoms with E-state index in [9.17, 15) is 0 Å². The largest absolute Gasteiger partial charge is 0.454 e. The first kappa shape index (κ1) is 14.2. The third-order valence-electron chi connectivity index (χ3n) is 4.51. The fourth-order valence-electron chi connectivity index (χ4n) is 3.17. The second-order valence-corrected chi connectivity index (χ2v) is 6.72. The maximum atomic E-state index is 5.45. The van der Waals surface area contributed by atoms with Gasteiger partial charge in [-0.25, -0.2) is 0 Å². The Labute approximate surface area is 129 Å². The number of fused-ring (bicyclic) bond motifs is 1. The minimum absolute atomic E-state index is 0.330. The summed E-state index contributed by atoms with van der Waals surface area (Å²) >= 11 is 3.62. The van der Waals surface area contributed by atoms with E-state index in [-0.39, 0.29) is 0 Å². The van der Waals surface area contributed by atoms with Crippen LogP contribution in [0.1, 0.15) is 44.6 Å². The van der Waals surface area contributed by atoms with Crippen molar-refractivity contribution in [2.24, 2.45) is 5.92 Å². The molecular formula is C16H22BrNO2. The molecule has 1 atom stereocenters. The smallest absolute Gasteiger partial charge is 0.231 e. The van der Waals surface area contributed by atoms with Crippen LogP contribution in [0.15, 0.2) is 16.6 Å². The topological polar surface area (TPSA) is 30.5 Å². The molecule has 3 rings (SSSR count). The van der Waals surface area contributed by atoms with Crippen LogP contribution in [0.3, 0.4) is 0 Å². The Morgan fingerprint density at radius 3 is 2.65 bits per heavy atom. The summed E-state index contributed by atoms with van der Waals surface area (Å²) in [5.41, 5.74) is 1.23. The second kappa shape index (κ2) is 6.35. The molecule has 0 saturated heterocycles. The summed E-state index contributed by atoms with van der Waals surface area (Å²) in [7, 11) is 0. The van der Waals surface area contributed by atoms with Gasteiger partial charge in [-0.3, -0.25) is 0 Å². The molecule has 20 heavy (non-hydrogen) atoms. The molecule has 1 aliphatic carbocycles. The van der Waals surface area contributed by atoms with Gasteiger partial charge in [0, 0.05) is 17.1 Å². The lowest BCUT2D eigenvalue weighted by atomic mass is 9.84. The van der Waals surface area contributed by atoms with Gasteiger partial charge in [0.25, 0.3) is 0 Å². The molecule has 0 spiro atoms. The third-order valence-corrected chi connectivity index (χ3v) is 5.25. The minimum Gasteiger partial charge on any atom is -0.454 e. The van der Waals surface area contributed by atoms with Crippen LogP contribution in [0.25, 0.3) is 0 Å². The van der Waals surface area contributed by atoms with Crippen molar-refractivity contribution in [2.45, 2.75) is 51.6 Å².